The molecule has 2 rings (SSSR count). The van der Waals surface area contributed by atoms with Crippen LogP contribution in [0, 0.1) is 0 Å². The summed E-state index contributed by atoms with van der Waals surface area (Å²) in [5, 5.41) is 8.12. The smallest absolute Gasteiger partial charge is 0.276 e. The van der Waals surface area contributed by atoms with E-state index in [0.717, 1.165) is 4.42 Å². The minimum absolute atomic E-state index is 0.110. The van der Waals surface area contributed by atoms with Crippen molar-refractivity contribution in [1.82, 2.24) is 0 Å². The van der Waals surface area contributed by atoms with E-state index in [1.165, 1.54) is 33.3 Å². The van der Waals surface area contributed by atoms with Crippen LogP contribution in [0.4, 0.5) is 11.4 Å². The molecule has 0 heterocycles. The lowest BCUT2D eigenvalue weighted by Crippen LogP contribution is -2.36. The number of ketones is 1. The average molecular weight is 498 g/mol. The lowest BCUT2D eigenvalue weighted by atomic mass is 10.2. The molecule has 0 spiro atoms. The zero-order chi connectivity index (χ0) is 24.5. The zero-order valence-corrected chi connectivity index (χ0v) is 20.4. The van der Waals surface area contributed by atoms with Crippen molar-refractivity contribution in [2.24, 2.45) is 10.2 Å². The Morgan fingerprint density at radius 3 is 2.21 bits per heavy atom. The number of rotatable bonds is 11. The molecule has 0 N–H and O–H groups in total. The molecule has 0 aliphatic rings. The SMILES string of the molecule is CCOc1ccc(N(Cl)C(=O)C(N=Nc2c(Cl)ccc(OC)c2OC)C(C)=O)cc1OCC. The third-order valence-electron chi connectivity index (χ3n) is 4.31. The molecule has 1 amide bonds. The quantitative estimate of drug-likeness (QED) is 0.234. The fourth-order valence-corrected chi connectivity index (χ4v) is 3.18. The molecule has 33 heavy (non-hydrogen) atoms. The number of carbonyl (C=O) groups excluding carboxylic acids is 2. The molecule has 0 aliphatic heterocycles. The number of anilines is 1. The van der Waals surface area contributed by atoms with Gasteiger partial charge in [-0.05, 0) is 45.0 Å². The molecule has 2 aromatic carbocycles. The number of nitrogens with zero attached hydrogens (tertiary/aromatic N) is 3. The summed E-state index contributed by atoms with van der Waals surface area (Å²) in [6.07, 6.45) is 0. The van der Waals surface area contributed by atoms with Gasteiger partial charge in [0.05, 0.1) is 38.1 Å². The van der Waals surface area contributed by atoms with Crippen LogP contribution in [-0.2, 0) is 9.59 Å². The van der Waals surface area contributed by atoms with E-state index in [-0.39, 0.29) is 22.1 Å². The molecule has 11 heteroatoms. The highest BCUT2D eigenvalue weighted by atomic mass is 35.5. The van der Waals surface area contributed by atoms with Gasteiger partial charge in [-0.25, -0.2) is 4.42 Å². The number of carbonyl (C=O) groups is 2. The molecule has 0 fully saturated rings. The summed E-state index contributed by atoms with van der Waals surface area (Å²) in [5.41, 5.74) is 0.380. The molecular weight excluding hydrogens is 473 g/mol. The first-order valence-electron chi connectivity index (χ1n) is 10.00. The Hall–Kier alpha value is -3.04. The van der Waals surface area contributed by atoms with Gasteiger partial charge in [0.2, 0.25) is 6.04 Å². The maximum absolute atomic E-state index is 13.0. The second kappa shape index (κ2) is 12.3. The van der Waals surface area contributed by atoms with Gasteiger partial charge < -0.3 is 18.9 Å². The first kappa shape index (κ1) is 26.2. The van der Waals surface area contributed by atoms with Crippen molar-refractivity contribution >= 4 is 46.4 Å². The lowest BCUT2D eigenvalue weighted by Gasteiger charge is -2.19. The molecule has 178 valence electrons. The van der Waals surface area contributed by atoms with Crippen molar-refractivity contribution in [2.75, 3.05) is 31.9 Å². The third kappa shape index (κ3) is 6.27. The van der Waals surface area contributed by atoms with Crippen LogP contribution in [0.2, 0.25) is 5.02 Å². The number of hydrogen-bond donors (Lipinski definition) is 0. The zero-order valence-electron chi connectivity index (χ0n) is 18.9. The molecule has 0 saturated carbocycles. The minimum Gasteiger partial charge on any atom is -0.493 e. The Balaban J connectivity index is 2.38. The van der Waals surface area contributed by atoms with Crippen LogP contribution >= 0.6 is 23.4 Å². The van der Waals surface area contributed by atoms with Crippen molar-refractivity contribution < 1.29 is 28.5 Å². The number of ether oxygens (including phenoxy) is 4. The maximum Gasteiger partial charge on any atom is 0.276 e. The number of halogens is 2. The second-order valence-corrected chi connectivity index (χ2v) is 7.22. The Labute approximate surface area is 202 Å². The fraction of sp³-hybridized carbons (Fsp3) is 0.364. The molecule has 0 saturated heterocycles. The first-order valence-corrected chi connectivity index (χ1v) is 10.7. The summed E-state index contributed by atoms with van der Waals surface area (Å²) in [7, 11) is 2.86. The highest BCUT2D eigenvalue weighted by Crippen LogP contribution is 2.42. The van der Waals surface area contributed by atoms with E-state index in [4.69, 9.17) is 42.3 Å². The van der Waals surface area contributed by atoms with E-state index >= 15 is 0 Å². The van der Waals surface area contributed by atoms with Gasteiger partial charge in [-0.2, -0.15) is 5.11 Å². The summed E-state index contributed by atoms with van der Waals surface area (Å²) < 4.78 is 22.4. The van der Waals surface area contributed by atoms with Gasteiger partial charge in [0.25, 0.3) is 5.91 Å². The highest BCUT2D eigenvalue weighted by molar-refractivity contribution is 6.39. The van der Waals surface area contributed by atoms with Crippen LogP contribution in [0.15, 0.2) is 40.6 Å². The van der Waals surface area contributed by atoms with Gasteiger partial charge in [0.15, 0.2) is 28.8 Å². The van der Waals surface area contributed by atoms with Crippen molar-refractivity contribution in [3.63, 3.8) is 0 Å². The summed E-state index contributed by atoms with van der Waals surface area (Å²) in [6, 6.07) is 6.33. The van der Waals surface area contributed by atoms with Crippen molar-refractivity contribution in [1.29, 1.82) is 0 Å². The average Bonchev–Trinajstić information content (AvgIpc) is 2.80. The predicted octanol–water partition coefficient (Wildman–Crippen LogP) is 5.38. The van der Waals surface area contributed by atoms with Crippen LogP contribution in [-0.4, -0.2) is 45.2 Å². The number of azo groups is 1. The molecule has 0 aromatic heterocycles. The molecule has 2 aromatic rings. The topological polar surface area (TPSA) is 99.0 Å². The molecule has 0 bridgehead atoms. The Bertz CT molecular complexity index is 1030. The number of hydrogen-bond acceptors (Lipinski definition) is 8. The summed E-state index contributed by atoms with van der Waals surface area (Å²) in [6.45, 7) is 5.68. The van der Waals surface area contributed by atoms with Crippen LogP contribution in [0.5, 0.6) is 23.0 Å². The molecule has 1 atom stereocenters. The van der Waals surface area contributed by atoms with Crippen molar-refractivity contribution in [3.8, 4) is 23.0 Å². The number of Topliss-reactive ketones (excluding diaryl/α,β-unsaturated/α-hetero) is 1. The van der Waals surface area contributed by atoms with E-state index in [9.17, 15) is 9.59 Å². The van der Waals surface area contributed by atoms with E-state index in [0.29, 0.717) is 30.5 Å². The lowest BCUT2D eigenvalue weighted by molar-refractivity contribution is -0.126. The van der Waals surface area contributed by atoms with Crippen LogP contribution in [0.3, 0.4) is 0 Å². The predicted molar refractivity (Wildman–Crippen MR) is 126 cm³/mol. The molecule has 9 nitrogen and oxygen atoms in total. The monoisotopic (exact) mass is 497 g/mol. The van der Waals surface area contributed by atoms with E-state index in [2.05, 4.69) is 10.2 Å². The van der Waals surface area contributed by atoms with Gasteiger partial charge in [0.1, 0.15) is 5.69 Å². The largest absolute Gasteiger partial charge is 0.493 e. The Morgan fingerprint density at radius 1 is 1.00 bits per heavy atom. The van der Waals surface area contributed by atoms with E-state index in [1.54, 1.807) is 18.2 Å². The summed E-state index contributed by atoms with van der Waals surface area (Å²) >= 11 is 12.5. The normalized spacial score (nSPS) is 11.7. The third-order valence-corrected chi connectivity index (χ3v) is 4.98. The van der Waals surface area contributed by atoms with E-state index in [1.807, 2.05) is 13.8 Å². The van der Waals surface area contributed by atoms with Crippen LogP contribution in [0.25, 0.3) is 0 Å². The van der Waals surface area contributed by atoms with Gasteiger partial charge in [-0.15, -0.1) is 5.11 Å². The van der Waals surface area contributed by atoms with Crippen LogP contribution < -0.4 is 23.4 Å². The maximum atomic E-state index is 13.0. The summed E-state index contributed by atoms with van der Waals surface area (Å²) in [4.78, 5) is 25.2. The number of benzene rings is 2. The van der Waals surface area contributed by atoms with Gasteiger partial charge >= 0.3 is 0 Å². The molecular formula is C22H25Cl2N3O6. The molecule has 0 aliphatic carbocycles. The summed E-state index contributed by atoms with van der Waals surface area (Å²) in [5.74, 6) is 0.103. The van der Waals surface area contributed by atoms with Crippen molar-refractivity contribution in [3.05, 3.63) is 35.4 Å². The van der Waals surface area contributed by atoms with Gasteiger partial charge in [-0.3, -0.25) is 9.59 Å². The van der Waals surface area contributed by atoms with Crippen LogP contribution in [0.1, 0.15) is 20.8 Å². The second-order valence-electron chi connectivity index (χ2n) is 6.48. The Kier molecular flexibility index (Phi) is 9.74. The number of amides is 1. The fourth-order valence-electron chi connectivity index (χ4n) is 2.80. The Morgan fingerprint density at radius 2 is 1.64 bits per heavy atom. The first-order chi connectivity index (χ1) is 15.8. The van der Waals surface area contributed by atoms with Gasteiger partial charge in [0, 0.05) is 17.8 Å². The molecule has 1 unspecified atom stereocenters. The highest BCUT2D eigenvalue weighted by Gasteiger charge is 2.30. The van der Waals surface area contributed by atoms with E-state index < -0.39 is 17.7 Å². The minimum atomic E-state index is -1.52. The molecule has 0 radical (unpaired) electrons. The van der Waals surface area contributed by atoms with Crippen molar-refractivity contribution in [2.45, 2.75) is 26.8 Å². The standard InChI is InChI=1S/C22H25Cl2N3O6/c1-6-32-16-10-8-14(12-18(16)33-7-2)27(24)22(29)19(13(3)28)25-26-20-15(23)9-11-17(30-4)21(20)31-5/h8-12,19H,6-7H2,1-5H3. The van der Waals surface area contributed by atoms with Gasteiger partial charge in [-0.1, -0.05) is 11.6 Å². The number of methoxy groups -OCH3 is 2.